The van der Waals surface area contributed by atoms with E-state index in [0.717, 1.165) is 17.7 Å². The summed E-state index contributed by atoms with van der Waals surface area (Å²) in [6.07, 6.45) is -4.00. The summed E-state index contributed by atoms with van der Waals surface area (Å²) in [6.45, 7) is 0. The molecule has 1 aliphatic rings. The van der Waals surface area contributed by atoms with Gasteiger partial charge in [-0.1, -0.05) is 6.07 Å². The molecule has 156 valence electrons. The third-order valence-electron chi connectivity index (χ3n) is 4.72. The second kappa shape index (κ2) is 7.68. The molecule has 10 heteroatoms. The van der Waals surface area contributed by atoms with Gasteiger partial charge >= 0.3 is 12.1 Å². The Kier molecular flexibility index (Phi) is 5.59. The third kappa shape index (κ3) is 4.23. The maximum Gasteiger partial charge on any atom is 0.417 e. The number of methoxy groups -OCH3 is 2. The highest BCUT2D eigenvalue weighted by Gasteiger charge is 2.39. The van der Waals surface area contributed by atoms with E-state index in [2.05, 4.69) is 9.46 Å². The number of rotatable bonds is 5. The van der Waals surface area contributed by atoms with Crippen LogP contribution in [0.15, 0.2) is 41.3 Å². The van der Waals surface area contributed by atoms with Crippen molar-refractivity contribution in [1.29, 1.82) is 0 Å². The normalized spacial score (nSPS) is 16.4. The van der Waals surface area contributed by atoms with Crippen LogP contribution < -0.4 is 9.46 Å². The molecule has 1 aliphatic carbocycles. The van der Waals surface area contributed by atoms with Crippen LogP contribution in [0.5, 0.6) is 5.75 Å². The molecular formula is C19H18F3NO5S. The molecule has 1 N–H and O–H groups in total. The number of alkyl halides is 3. The highest BCUT2D eigenvalue weighted by Crippen LogP contribution is 2.38. The molecule has 29 heavy (non-hydrogen) atoms. The summed E-state index contributed by atoms with van der Waals surface area (Å²) >= 11 is 0. The minimum absolute atomic E-state index is 0.106. The predicted molar refractivity (Wildman–Crippen MR) is 97.2 cm³/mol. The number of esters is 1. The largest absolute Gasteiger partial charge is 0.497 e. The summed E-state index contributed by atoms with van der Waals surface area (Å²) in [4.78, 5) is 10.9. The first-order valence-corrected chi connectivity index (χ1v) is 10.0. The maximum absolute atomic E-state index is 13.4. The summed E-state index contributed by atoms with van der Waals surface area (Å²) in [5.74, 6) is -0.693. The fourth-order valence-electron chi connectivity index (χ4n) is 3.31. The molecule has 6 nitrogen and oxygen atoms in total. The zero-order valence-corrected chi connectivity index (χ0v) is 16.4. The van der Waals surface area contributed by atoms with Gasteiger partial charge in [-0.05, 0) is 54.3 Å². The molecule has 0 heterocycles. The lowest BCUT2D eigenvalue weighted by Crippen LogP contribution is -2.29. The molecule has 0 fully saturated rings. The van der Waals surface area contributed by atoms with Crippen molar-refractivity contribution in [3.05, 3.63) is 58.7 Å². The number of benzene rings is 2. The SMILES string of the molecule is COC(=O)c1ccc2c(c1)C(NS(=O)(=O)c1ccc(OC)cc1C(F)(F)F)CC2. The molecule has 0 amide bonds. The number of halogens is 3. The molecule has 0 aromatic heterocycles. The Morgan fingerprint density at radius 3 is 2.48 bits per heavy atom. The average molecular weight is 429 g/mol. The van der Waals surface area contributed by atoms with E-state index in [0.29, 0.717) is 24.5 Å². The molecule has 1 unspecified atom stereocenters. The van der Waals surface area contributed by atoms with Gasteiger partial charge in [-0.3, -0.25) is 0 Å². The highest BCUT2D eigenvalue weighted by atomic mass is 32.2. The van der Waals surface area contributed by atoms with Crippen LogP contribution in [-0.2, 0) is 27.4 Å². The molecule has 0 aliphatic heterocycles. The van der Waals surface area contributed by atoms with Crippen molar-refractivity contribution < 1.29 is 35.9 Å². The van der Waals surface area contributed by atoms with E-state index in [-0.39, 0.29) is 11.3 Å². The highest BCUT2D eigenvalue weighted by molar-refractivity contribution is 7.89. The van der Waals surface area contributed by atoms with E-state index < -0.39 is 38.7 Å². The second-order valence-corrected chi connectivity index (χ2v) is 8.16. The van der Waals surface area contributed by atoms with Crippen molar-refractivity contribution in [2.75, 3.05) is 14.2 Å². The first-order valence-electron chi connectivity index (χ1n) is 8.55. The van der Waals surface area contributed by atoms with Gasteiger partial charge in [0.05, 0.1) is 30.2 Å². The van der Waals surface area contributed by atoms with E-state index in [1.165, 1.54) is 20.3 Å². The Labute approximate surface area is 165 Å². The van der Waals surface area contributed by atoms with Crippen molar-refractivity contribution in [1.82, 2.24) is 4.72 Å². The molecule has 3 rings (SSSR count). The number of hydrogen-bond donors (Lipinski definition) is 1. The number of hydrogen-bond acceptors (Lipinski definition) is 5. The van der Waals surface area contributed by atoms with Crippen LogP contribution in [0.1, 0.15) is 39.5 Å². The van der Waals surface area contributed by atoms with E-state index in [4.69, 9.17) is 4.74 Å². The molecule has 0 bridgehead atoms. The lowest BCUT2D eigenvalue weighted by atomic mass is 10.0. The van der Waals surface area contributed by atoms with E-state index in [1.807, 2.05) is 0 Å². The number of sulfonamides is 1. The Hall–Kier alpha value is -2.59. The van der Waals surface area contributed by atoms with Crippen molar-refractivity contribution in [3.63, 3.8) is 0 Å². The molecule has 2 aromatic carbocycles. The topological polar surface area (TPSA) is 81.7 Å². The minimum Gasteiger partial charge on any atom is -0.497 e. The van der Waals surface area contributed by atoms with Crippen molar-refractivity contribution in [2.45, 2.75) is 30.0 Å². The summed E-state index contributed by atoms with van der Waals surface area (Å²) < 4.78 is 77.7. The zero-order valence-electron chi connectivity index (χ0n) is 15.5. The third-order valence-corrected chi connectivity index (χ3v) is 6.25. The maximum atomic E-state index is 13.4. The second-order valence-electron chi connectivity index (χ2n) is 6.48. The van der Waals surface area contributed by atoms with Gasteiger partial charge in [-0.25, -0.2) is 17.9 Å². The van der Waals surface area contributed by atoms with Crippen molar-refractivity contribution in [2.24, 2.45) is 0 Å². The van der Waals surface area contributed by atoms with Crippen molar-refractivity contribution >= 4 is 16.0 Å². The van der Waals surface area contributed by atoms with Crippen LogP contribution in [0.25, 0.3) is 0 Å². The van der Waals surface area contributed by atoms with Gasteiger partial charge in [-0.15, -0.1) is 0 Å². The Morgan fingerprint density at radius 1 is 1.14 bits per heavy atom. The van der Waals surface area contributed by atoms with Crippen LogP contribution in [0, 0.1) is 0 Å². The molecular weight excluding hydrogens is 411 g/mol. The summed E-state index contributed by atoms with van der Waals surface area (Å²) in [6, 6.07) is 6.65. The standard InChI is InChI=1S/C19H18F3NO5S/c1-27-13-6-8-17(15(10-13)19(20,21)22)29(25,26)23-16-7-5-11-3-4-12(9-14(11)16)18(24)28-2/h3-4,6,8-10,16,23H,5,7H2,1-2H3. The van der Waals surface area contributed by atoms with E-state index in [9.17, 15) is 26.4 Å². The van der Waals surface area contributed by atoms with Gasteiger partial charge in [0.2, 0.25) is 10.0 Å². The molecule has 2 aromatic rings. The summed E-state index contributed by atoms with van der Waals surface area (Å²) in [5.41, 5.74) is 0.276. The molecule has 0 spiro atoms. The van der Waals surface area contributed by atoms with Gasteiger partial charge in [0.25, 0.3) is 0 Å². The number of nitrogens with one attached hydrogen (secondary N) is 1. The fraction of sp³-hybridized carbons (Fsp3) is 0.316. The average Bonchev–Trinajstić information content (AvgIpc) is 3.07. The molecule has 0 radical (unpaired) electrons. The van der Waals surface area contributed by atoms with Gasteiger partial charge in [0.15, 0.2) is 0 Å². The Bertz CT molecular complexity index is 1050. The quantitative estimate of drug-likeness (QED) is 0.737. The minimum atomic E-state index is -4.88. The van der Waals surface area contributed by atoms with Crippen LogP contribution in [0.2, 0.25) is 0 Å². The summed E-state index contributed by atoms with van der Waals surface area (Å²) in [7, 11) is -2.09. The van der Waals surface area contributed by atoms with Gasteiger partial charge in [0, 0.05) is 6.04 Å². The number of carbonyl (C=O) groups is 1. The molecule has 0 saturated carbocycles. The lowest BCUT2D eigenvalue weighted by Gasteiger charge is -2.18. The van der Waals surface area contributed by atoms with Gasteiger partial charge < -0.3 is 9.47 Å². The fourth-order valence-corrected chi connectivity index (χ4v) is 4.77. The van der Waals surface area contributed by atoms with Crippen LogP contribution >= 0.6 is 0 Å². The lowest BCUT2D eigenvalue weighted by molar-refractivity contribution is -0.140. The van der Waals surface area contributed by atoms with Crippen LogP contribution in [0.3, 0.4) is 0 Å². The van der Waals surface area contributed by atoms with Crippen LogP contribution in [0.4, 0.5) is 13.2 Å². The van der Waals surface area contributed by atoms with Crippen LogP contribution in [-0.4, -0.2) is 28.6 Å². The predicted octanol–water partition coefficient (Wildman–Crippen LogP) is 3.47. The van der Waals surface area contributed by atoms with E-state index in [1.54, 1.807) is 12.1 Å². The summed E-state index contributed by atoms with van der Waals surface area (Å²) in [5, 5.41) is 0. The number of ether oxygens (including phenoxy) is 2. The molecule has 0 saturated heterocycles. The van der Waals surface area contributed by atoms with Crippen molar-refractivity contribution in [3.8, 4) is 5.75 Å². The van der Waals surface area contributed by atoms with Gasteiger partial charge in [-0.2, -0.15) is 13.2 Å². The Balaban J connectivity index is 1.98. The Morgan fingerprint density at radius 2 is 1.86 bits per heavy atom. The number of carbonyl (C=O) groups excluding carboxylic acids is 1. The van der Waals surface area contributed by atoms with Gasteiger partial charge in [0.1, 0.15) is 5.75 Å². The zero-order chi connectivity index (χ0) is 21.4. The van der Waals surface area contributed by atoms with E-state index >= 15 is 0 Å². The number of fused-ring (bicyclic) bond motifs is 1. The molecule has 1 atom stereocenters. The smallest absolute Gasteiger partial charge is 0.417 e. The number of aryl methyl sites for hydroxylation is 1. The first kappa shape index (κ1) is 21.1. The monoisotopic (exact) mass is 429 g/mol. The first-order chi connectivity index (χ1) is 13.6.